The molecule has 0 aliphatic carbocycles. The topological polar surface area (TPSA) is 63.5 Å². The van der Waals surface area contributed by atoms with Crippen LogP contribution in [0.2, 0.25) is 0 Å². The van der Waals surface area contributed by atoms with Crippen molar-refractivity contribution in [3.8, 4) is 0 Å². The molecular weight excluding hydrogens is 238 g/mol. The maximum Gasteiger partial charge on any atom is 0.170 e. The fourth-order valence-corrected chi connectivity index (χ4v) is 2.05. The molecule has 0 saturated heterocycles. The Morgan fingerprint density at radius 2 is 2.05 bits per heavy atom. The lowest BCUT2D eigenvalue weighted by Crippen LogP contribution is -2.13. The van der Waals surface area contributed by atoms with E-state index in [1.54, 1.807) is 0 Å². The summed E-state index contributed by atoms with van der Waals surface area (Å²) in [6.07, 6.45) is 3.19. The number of hydrogen-bond acceptors (Lipinski definition) is 2. The number of fused-ring (bicyclic) bond motifs is 1. The first-order valence-electron chi connectivity index (χ1n) is 6.47. The minimum atomic E-state index is 0.144. The molecule has 4 nitrogen and oxygen atoms in total. The van der Waals surface area contributed by atoms with Crippen molar-refractivity contribution >= 4 is 16.7 Å². The second-order valence-electron chi connectivity index (χ2n) is 6.08. The molecule has 3 N–H and O–H groups in total. The van der Waals surface area contributed by atoms with Gasteiger partial charge >= 0.3 is 0 Å². The zero-order chi connectivity index (χ0) is 14.0. The third-order valence-corrected chi connectivity index (χ3v) is 3.28. The van der Waals surface area contributed by atoms with E-state index in [9.17, 15) is 0 Å². The summed E-state index contributed by atoms with van der Waals surface area (Å²) in [5.74, 6) is 0.144. The normalized spacial score (nSPS) is 13.1. The van der Waals surface area contributed by atoms with E-state index in [-0.39, 0.29) is 5.84 Å². The first-order chi connectivity index (χ1) is 8.90. The molecule has 0 radical (unpaired) electrons. The molecule has 1 aromatic heterocycles. The molecule has 102 valence electrons. The van der Waals surface area contributed by atoms with Gasteiger partial charge in [-0.25, -0.2) is 0 Å². The minimum Gasteiger partial charge on any atom is -0.409 e. The van der Waals surface area contributed by atoms with E-state index < -0.39 is 0 Å². The average molecular weight is 259 g/mol. The molecule has 1 aromatic carbocycles. The van der Waals surface area contributed by atoms with E-state index in [1.807, 2.05) is 18.2 Å². The van der Waals surface area contributed by atoms with Crippen LogP contribution >= 0.6 is 0 Å². The van der Waals surface area contributed by atoms with Gasteiger partial charge in [-0.05, 0) is 29.4 Å². The Bertz CT molecular complexity index is 605. The lowest BCUT2D eigenvalue weighted by molar-refractivity contribution is 0.318. The number of aryl methyl sites for hydroxylation is 1. The molecule has 0 saturated carbocycles. The van der Waals surface area contributed by atoms with E-state index in [0.29, 0.717) is 5.41 Å². The van der Waals surface area contributed by atoms with Crippen molar-refractivity contribution in [3.05, 3.63) is 36.0 Å². The van der Waals surface area contributed by atoms with Gasteiger partial charge in [-0.2, -0.15) is 0 Å². The predicted octanol–water partition coefficient (Wildman–Crippen LogP) is 3.17. The summed E-state index contributed by atoms with van der Waals surface area (Å²) in [7, 11) is 0. The average Bonchev–Trinajstić information content (AvgIpc) is 2.76. The Hall–Kier alpha value is -1.97. The number of amidine groups is 1. The second-order valence-corrected chi connectivity index (χ2v) is 6.08. The van der Waals surface area contributed by atoms with Gasteiger partial charge in [0.25, 0.3) is 0 Å². The number of benzene rings is 1. The first-order valence-corrected chi connectivity index (χ1v) is 6.47. The molecule has 0 aliphatic heterocycles. The highest BCUT2D eigenvalue weighted by atomic mass is 16.4. The molecular formula is C15H21N3O. The fraction of sp³-hybridized carbons (Fsp3) is 0.400. The lowest BCUT2D eigenvalue weighted by atomic mass is 9.92. The van der Waals surface area contributed by atoms with E-state index in [0.717, 1.165) is 24.0 Å². The second kappa shape index (κ2) is 4.96. The highest BCUT2D eigenvalue weighted by molar-refractivity contribution is 6.00. The first kappa shape index (κ1) is 13.5. The number of nitrogens with two attached hydrogens (primary N) is 1. The largest absolute Gasteiger partial charge is 0.409 e. The van der Waals surface area contributed by atoms with E-state index >= 15 is 0 Å². The van der Waals surface area contributed by atoms with Gasteiger partial charge in [0, 0.05) is 23.8 Å². The van der Waals surface area contributed by atoms with Gasteiger partial charge < -0.3 is 15.5 Å². The van der Waals surface area contributed by atoms with Crippen molar-refractivity contribution < 1.29 is 5.21 Å². The molecule has 0 unspecified atom stereocenters. The van der Waals surface area contributed by atoms with Crippen LogP contribution in [0.15, 0.2) is 35.6 Å². The van der Waals surface area contributed by atoms with Crippen LogP contribution in [-0.2, 0) is 6.54 Å². The smallest absolute Gasteiger partial charge is 0.170 e. The van der Waals surface area contributed by atoms with Crippen molar-refractivity contribution in [1.29, 1.82) is 0 Å². The molecule has 0 aliphatic rings. The van der Waals surface area contributed by atoms with Gasteiger partial charge in [0.05, 0.1) is 0 Å². The minimum absolute atomic E-state index is 0.144. The van der Waals surface area contributed by atoms with Crippen LogP contribution in [0.5, 0.6) is 0 Å². The lowest BCUT2D eigenvalue weighted by Gasteiger charge is -2.18. The molecule has 0 bridgehead atoms. The standard InChI is InChI=1S/C15H21N3O/c1-15(2,3)7-9-18-8-6-11-4-5-12(10-13(11)18)14(16)17-19/h4-6,8,10,19H,7,9H2,1-3H3,(H2,16,17). The summed E-state index contributed by atoms with van der Waals surface area (Å²) in [6, 6.07) is 7.92. The number of hydrogen-bond donors (Lipinski definition) is 2. The van der Waals surface area contributed by atoms with Crippen LogP contribution in [0.25, 0.3) is 10.9 Å². The van der Waals surface area contributed by atoms with Crippen LogP contribution in [0.1, 0.15) is 32.8 Å². The maximum atomic E-state index is 8.75. The van der Waals surface area contributed by atoms with E-state index in [1.165, 1.54) is 5.39 Å². The van der Waals surface area contributed by atoms with Crippen molar-refractivity contribution in [1.82, 2.24) is 4.57 Å². The summed E-state index contributed by atoms with van der Waals surface area (Å²) in [6.45, 7) is 7.67. The summed E-state index contributed by atoms with van der Waals surface area (Å²) >= 11 is 0. The highest BCUT2D eigenvalue weighted by Gasteiger charge is 2.11. The van der Waals surface area contributed by atoms with Gasteiger partial charge in [0.2, 0.25) is 0 Å². The zero-order valence-electron chi connectivity index (χ0n) is 11.7. The molecule has 0 atom stereocenters. The van der Waals surface area contributed by atoms with Crippen molar-refractivity contribution in [3.63, 3.8) is 0 Å². The maximum absolute atomic E-state index is 8.75. The molecule has 2 rings (SSSR count). The molecule has 1 heterocycles. The van der Waals surface area contributed by atoms with Crippen molar-refractivity contribution in [2.24, 2.45) is 16.3 Å². The number of nitrogens with zero attached hydrogens (tertiary/aromatic N) is 2. The monoisotopic (exact) mass is 259 g/mol. The Morgan fingerprint density at radius 1 is 1.32 bits per heavy atom. The van der Waals surface area contributed by atoms with Gasteiger partial charge in [-0.1, -0.05) is 38.1 Å². The van der Waals surface area contributed by atoms with Gasteiger partial charge in [-0.15, -0.1) is 0 Å². The van der Waals surface area contributed by atoms with Crippen LogP contribution in [0.3, 0.4) is 0 Å². The van der Waals surface area contributed by atoms with E-state index in [4.69, 9.17) is 10.9 Å². The summed E-state index contributed by atoms with van der Waals surface area (Å²) in [4.78, 5) is 0. The van der Waals surface area contributed by atoms with Crippen molar-refractivity contribution in [2.45, 2.75) is 33.7 Å². The van der Waals surface area contributed by atoms with Crippen LogP contribution in [-0.4, -0.2) is 15.6 Å². The highest BCUT2D eigenvalue weighted by Crippen LogP contribution is 2.23. The summed E-state index contributed by atoms with van der Waals surface area (Å²) < 4.78 is 2.22. The Kier molecular flexibility index (Phi) is 3.51. The third-order valence-electron chi connectivity index (χ3n) is 3.28. The van der Waals surface area contributed by atoms with Crippen LogP contribution in [0, 0.1) is 5.41 Å². The molecule has 2 aromatic rings. The Labute approximate surface area is 113 Å². The molecule has 19 heavy (non-hydrogen) atoms. The molecule has 0 spiro atoms. The van der Waals surface area contributed by atoms with E-state index in [2.05, 4.69) is 42.8 Å². The third kappa shape index (κ3) is 3.08. The molecule has 4 heteroatoms. The predicted molar refractivity (Wildman–Crippen MR) is 78.5 cm³/mol. The number of aromatic nitrogens is 1. The number of oxime groups is 1. The molecule has 0 fully saturated rings. The van der Waals surface area contributed by atoms with Crippen LogP contribution in [0.4, 0.5) is 0 Å². The number of rotatable bonds is 3. The summed E-state index contributed by atoms with van der Waals surface area (Å²) in [5.41, 5.74) is 7.80. The van der Waals surface area contributed by atoms with Gasteiger partial charge in [-0.3, -0.25) is 0 Å². The Balaban J connectivity index is 2.35. The van der Waals surface area contributed by atoms with Gasteiger partial charge in [0.1, 0.15) is 0 Å². The van der Waals surface area contributed by atoms with Crippen molar-refractivity contribution in [2.75, 3.05) is 0 Å². The summed E-state index contributed by atoms with van der Waals surface area (Å²) in [5, 5.41) is 13.0. The van der Waals surface area contributed by atoms with Crippen LogP contribution < -0.4 is 5.73 Å². The quantitative estimate of drug-likeness (QED) is 0.385. The van der Waals surface area contributed by atoms with Gasteiger partial charge in [0.15, 0.2) is 5.84 Å². The fourth-order valence-electron chi connectivity index (χ4n) is 2.05. The molecule has 0 amide bonds. The Morgan fingerprint density at radius 3 is 2.68 bits per heavy atom. The SMILES string of the molecule is CC(C)(C)CCn1ccc2ccc(/C(N)=N/O)cc21. The zero-order valence-corrected chi connectivity index (χ0v) is 11.7.